The smallest absolute Gasteiger partial charge is 0.224 e. The first-order valence-electron chi connectivity index (χ1n) is 10.3. The summed E-state index contributed by atoms with van der Waals surface area (Å²) in [4.78, 5) is 14.1. The minimum Gasteiger partial charge on any atom is -0.493 e. The van der Waals surface area contributed by atoms with E-state index in [4.69, 9.17) is 19.4 Å². The molecule has 156 valence electrons. The highest BCUT2D eigenvalue weighted by atomic mass is 16.5. The van der Waals surface area contributed by atoms with Crippen molar-refractivity contribution in [2.45, 2.75) is 31.7 Å². The molecule has 0 unspecified atom stereocenters. The highest BCUT2D eigenvalue weighted by Crippen LogP contribution is 2.41. The van der Waals surface area contributed by atoms with E-state index in [-0.39, 0.29) is 0 Å². The Morgan fingerprint density at radius 1 is 1.07 bits per heavy atom. The van der Waals surface area contributed by atoms with Gasteiger partial charge in [0.1, 0.15) is 5.82 Å². The Morgan fingerprint density at radius 2 is 1.79 bits per heavy atom. The van der Waals surface area contributed by atoms with Gasteiger partial charge in [-0.05, 0) is 56.6 Å². The van der Waals surface area contributed by atoms with E-state index in [1.54, 1.807) is 14.2 Å². The van der Waals surface area contributed by atoms with Crippen LogP contribution in [0.4, 0.5) is 11.8 Å². The zero-order chi connectivity index (χ0) is 20.4. The Morgan fingerprint density at radius 3 is 2.45 bits per heavy atom. The summed E-state index contributed by atoms with van der Waals surface area (Å²) in [5.74, 6) is 3.91. The topological polar surface area (TPSA) is 62.8 Å². The monoisotopic (exact) mass is 397 g/mol. The lowest BCUT2D eigenvalue weighted by atomic mass is 9.98. The van der Waals surface area contributed by atoms with Gasteiger partial charge in [0.2, 0.25) is 5.95 Å². The quantitative estimate of drug-likeness (QED) is 0.735. The second-order valence-corrected chi connectivity index (χ2v) is 8.13. The summed E-state index contributed by atoms with van der Waals surface area (Å²) in [5, 5.41) is 3.40. The zero-order valence-corrected chi connectivity index (χ0v) is 17.9. The number of nitrogens with one attached hydrogen (secondary N) is 1. The third-order valence-corrected chi connectivity index (χ3v) is 5.61. The van der Waals surface area contributed by atoms with Gasteiger partial charge >= 0.3 is 0 Å². The van der Waals surface area contributed by atoms with Crippen LogP contribution in [0.5, 0.6) is 11.5 Å². The summed E-state index contributed by atoms with van der Waals surface area (Å²) < 4.78 is 11.0. The van der Waals surface area contributed by atoms with E-state index in [0.717, 1.165) is 55.9 Å². The molecule has 7 nitrogen and oxygen atoms in total. The summed E-state index contributed by atoms with van der Waals surface area (Å²) in [6, 6.07) is 6.38. The molecule has 0 bridgehead atoms. The van der Waals surface area contributed by atoms with Gasteiger partial charge in [-0.15, -0.1) is 0 Å². The van der Waals surface area contributed by atoms with Crippen LogP contribution in [0.25, 0.3) is 0 Å². The average Bonchev–Trinajstić information content (AvgIpc) is 3.57. The molecule has 0 radical (unpaired) electrons. The maximum Gasteiger partial charge on any atom is 0.224 e. The highest BCUT2D eigenvalue weighted by molar-refractivity contribution is 5.53. The number of fused-ring (bicyclic) bond motifs is 1. The van der Waals surface area contributed by atoms with Crippen LogP contribution in [0.15, 0.2) is 18.2 Å². The van der Waals surface area contributed by atoms with Crippen LogP contribution in [-0.4, -0.2) is 62.8 Å². The molecule has 0 saturated heterocycles. The molecule has 4 rings (SSSR count). The molecule has 2 aliphatic rings. The molecule has 0 amide bonds. The normalized spacial score (nSPS) is 16.0. The molecule has 1 aliphatic heterocycles. The molecule has 1 aromatic carbocycles. The molecule has 0 atom stereocenters. The second-order valence-electron chi connectivity index (χ2n) is 8.13. The number of likely N-dealkylation sites (N-methyl/N-ethyl adjacent to an activating group) is 1. The molecule has 1 fully saturated rings. The molecule has 0 spiro atoms. The Bertz CT molecular complexity index is 867. The van der Waals surface area contributed by atoms with E-state index < -0.39 is 0 Å². The van der Waals surface area contributed by atoms with Crippen molar-refractivity contribution in [2.75, 3.05) is 58.2 Å². The third kappa shape index (κ3) is 4.56. The van der Waals surface area contributed by atoms with Gasteiger partial charge in [-0.3, -0.25) is 0 Å². The number of anilines is 2. The van der Waals surface area contributed by atoms with Crippen molar-refractivity contribution in [3.63, 3.8) is 0 Å². The van der Waals surface area contributed by atoms with Gasteiger partial charge in [0, 0.05) is 38.2 Å². The summed E-state index contributed by atoms with van der Waals surface area (Å²) in [5.41, 5.74) is 3.75. The Labute approximate surface area is 173 Å². The molecular weight excluding hydrogens is 366 g/mol. The second kappa shape index (κ2) is 8.45. The number of aromatic nitrogens is 2. The molecule has 1 aromatic heterocycles. The first kappa shape index (κ1) is 19.8. The molecule has 2 heterocycles. The fourth-order valence-electron chi connectivity index (χ4n) is 3.75. The number of nitrogens with zero attached hydrogens (tertiary/aromatic N) is 4. The van der Waals surface area contributed by atoms with E-state index in [9.17, 15) is 0 Å². The zero-order valence-electron chi connectivity index (χ0n) is 17.9. The number of ether oxygens (including phenoxy) is 2. The number of hydrogen-bond donors (Lipinski definition) is 1. The van der Waals surface area contributed by atoms with Gasteiger partial charge in [-0.2, -0.15) is 4.98 Å². The lowest BCUT2D eigenvalue weighted by Crippen LogP contribution is -2.31. The SMILES string of the molecule is COc1cc2c(cc1OC)CN(c1cc(C3CC3)nc(NCCN(C)C)n1)CC2. The van der Waals surface area contributed by atoms with Crippen LogP contribution in [0.3, 0.4) is 0 Å². The summed E-state index contributed by atoms with van der Waals surface area (Å²) in [6.45, 7) is 3.53. The first-order chi connectivity index (χ1) is 14.1. The van der Waals surface area contributed by atoms with Crippen LogP contribution in [0, 0.1) is 0 Å². The largest absolute Gasteiger partial charge is 0.493 e. The lowest BCUT2D eigenvalue weighted by Gasteiger charge is -2.31. The Balaban J connectivity index is 1.57. The van der Waals surface area contributed by atoms with Gasteiger partial charge < -0.3 is 24.6 Å². The molecule has 7 heteroatoms. The predicted molar refractivity (Wildman–Crippen MR) is 115 cm³/mol. The van der Waals surface area contributed by atoms with Crippen LogP contribution in [0.1, 0.15) is 35.6 Å². The molecule has 1 aliphatic carbocycles. The maximum absolute atomic E-state index is 5.50. The number of rotatable bonds is 8. The standard InChI is InChI=1S/C22H31N5O2/c1-26(2)10-8-23-22-24-18(15-5-6-15)13-21(25-22)27-9-7-16-11-19(28-3)20(29-4)12-17(16)14-27/h11-13,15H,5-10,14H2,1-4H3,(H,23,24,25). The van der Waals surface area contributed by atoms with Gasteiger partial charge in [0.05, 0.1) is 19.9 Å². The molecule has 1 saturated carbocycles. The van der Waals surface area contributed by atoms with Crippen molar-refractivity contribution < 1.29 is 9.47 Å². The van der Waals surface area contributed by atoms with E-state index in [1.165, 1.54) is 29.7 Å². The fraction of sp³-hybridized carbons (Fsp3) is 0.545. The Hall–Kier alpha value is -2.54. The first-order valence-corrected chi connectivity index (χ1v) is 10.3. The fourth-order valence-corrected chi connectivity index (χ4v) is 3.75. The number of hydrogen-bond acceptors (Lipinski definition) is 7. The van der Waals surface area contributed by atoms with Crippen molar-refractivity contribution in [2.24, 2.45) is 0 Å². The highest BCUT2D eigenvalue weighted by Gasteiger charge is 2.28. The third-order valence-electron chi connectivity index (χ3n) is 5.61. The van der Waals surface area contributed by atoms with E-state index in [2.05, 4.69) is 47.4 Å². The van der Waals surface area contributed by atoms with Crippen LogP contribution >= 0.6 is 0 Å². The number of benzene rings is 1. The number of methoxy groups -OCH3 is 2. The van der Waals surface area contributed by atoms with Crippen LogP contribution in [-0.2, 0) is 13.0 Å². The minimum absolute atomic E-state index is 0.590. The van der Waals surface area contributed by atoms with Gasteiger partial charge in [0.15, 0.2) is 11.5 Å². The van der Waals surface area contributed by atoms with E-state index >= 15 is 0 Å². The Kier molecular flexibility index (Phi) is 5.76. The van der Waals surface area contributed by atoms with Crippen molar-refractivity contribution in [1.82, 2.24) is 14.9 Å². The van der Waals surface area contributed by atoms with Crippen molar-refractivity contribution in [3.8, 4) is 11.5 Å². The van der Waals surface area contributed by atoms with Crippen molar-refractivity contribution in [3.05, 3.63) is 35.0 Å². The average molecular weight is 398 g/mol. The van der Waals surface area contributed by atoms with Gasteiger partial charge in [0.25, 0.3) is 0 Å². The predicted octanol–water partition coefficient (Wildman–Crippen LogP) is 2.91. The maximum atomic E-state index is 5.50. The molecule has 1 N–H and O–H groups in total. The van der Waals surface area contributed by atoms with E-state index in [1.807, 2.05) is 0 Å². The molecule has 29 heavy (non-hydrogen) atoms. The summed E-state index contributed by atoms with van der Waals surface area (Å²) in [6.07, 6.45) is 3.42. The lowest BCUT2D eigenvalue weighted by molar-refractivity contribution is 0.353. The van der Waals surface area contributed by atoms with E-state index in [0.29, 0.717) is 5.92 Å². The van der Waals surface area contributed by atoms with Crippen molar-refractivity contribution >= 4 is 11.8 Å². The van der Waals surface area contributed by atoms with Crippen LogP contribution in [0.2, 0.25) is 0 Å². The molecular formula is C22H31N5O2. The van der Waals surface area contributed by atoms with Crippen molar-refractivity contribution in [1.29, 1.82) is 0 Å². The van der Waals surface area contributed by atoms with Crippen LogP contribution < -0.4 is 19.7 Å². The summed E-state index contributed by atoms with van der Waals surface area (Å²) >= 11 is 0. The minimum atomic E-state index is 0.590. The van der Waals surface area contributed by atoms with Gasteiger partial charge in [-0.1, -0.05) is 0 Å². The van der Waals surface area contributed by atoms with Gasteiger partial charge in [-0.25, -0.2) is 4.98 Å². The summed E-state index contributed by atoms with van der Waals surface area (Å²) in [7, 11) is 7.51. The molecule has 2 aromatic rings.